The minimum absolute atomic E-state index is 0.254. The molecule has 2 rings (SSSR count). The highest BCUT2D eigenvalue weighted by atomic mass is 32.2. The van der Waals surface area contributed by atoms with Gasteiger partial charge in [-0.1, -0.05) is 6.92 Å². The van der Waals surface area contributed by atoms with Gasteiger partial charge >= 0.3 is 5.97 Å². The molecule has 4 heteroatoms. The summed E-state index contributed by atoms with van der Waals surface area (Å²) in [5, 5.41) is 4.19. The maximum atomic E-state index is 11.6. The number of carbonyl (C=O) groups is 1. The zero-order valence-electron chi connectivity index (χ0n) is 11.5. The number of ether oxygens (including phenoxy) is 1. The van der Waals surface area contributed by atoms with E-state index in [-0.39, 0.29) is 5.97 Å². The van der Waals surface area contributed by atoms with Crippen molar-refractivity contribution in [1.82, 2.24) is 0 Å². The maximum absolute atomic E-state index is 11.6. The quantitative estimate of drug-likeness (QED) is 0.855. The van der Waals surface area contributed by atoms with Gasteiger partial charge in [0.25, 0.3) is 0 Å². The standard InChI is InChI=1S/C15H21NO2S/c1-3-18-15(17)12-6-8-13(9-7-12)16-14-5-4-10-19-11(14)2/h6-9,11,14,16H,3-5,10H2,1-2H3. The van der Waals surface area contributed by atoms with Crippen molar-refractivity contribution in [2.45, 2.75) is 38.0 Å². The van der Waals surface area contributed by atoms with E-state index in [2.05, 4.69) is 12.2 Å². The second-order valence-corrected chi connectivity index (χ2v) is 6.25. The molecule has 0 saturated carbocycles. The Morgan fingerprint density at radius 2 is 2.16 bits per heavy atom. The Kier molecular flexibility index (Phi) is 5.14. The van der Waals surface area contributed by atoms with Gasteiger partial charge in [-0.15, -0.1) is 0 Å². The van der Waals surface area contributed by atoms with Crippen LogP contribution in [-0.4, -0.2) is 29.6 Å². The Morgan fingerprint density at radius 3 is 2.79 bits per heavy atom. The molecule has 0 bridgehead atoms. The zero-order chi connectivity index (χ0) is 13.7. The van der Waals surface area contributed by atoms with Crippen LogP contribution in [0.15, 0.2) is 24.3 Å². The van der Waals surface area contributed by atoms with Crippen LogP contribution in [0.2, 0.25) is 0 Å². The van der Waals surface area contributed by atoms with E-state index in [1.165, 1.54) is 18.6 Å². The first-order valence-corrected chi connectivity index (χ1v) is 7.91. The molecule has 1 heterocycles. The van der Waals surface area contributed by atoms with E-state index in [4.69, 9.17) is 4.74 Å². The molecule has 0 radical (unpaired) electrons. The third-order valence-corrected chi connectivity index (χ3v) is 4.73. The molecular formula is C15H21NO2S. The monoisotopic (exact) mass is 279 g/mol. The second-order valence-electron chi connectivity index (χ2n) is 4.77. The van der Waals surface area contributed by atoms with Gasteiger partial charge in [0, 0.05) is 17.0 Å². The van der Waals surface area contributed by atoms with Crippen molar-refractivity contribution in [2.75, 3.05) is 17.7 Å². The van der Waals surface area contributed by atoms with E-state index in [0.717, 1.165) is 5.69 Å². The number of benzene rings is 1. The Hall–Kier alpha value is -1.16. The molecule has 0 aromatic heterocycles. The lowest BCUT2D eigenvalue weighted by Gasteiger charge is -2.30. The molecule has 2 unspecified atom stereocenters. The topological polar surface area (TPSA) is 38.3 Å². The lowest BCUT2D eigenvalue weighted by molar-refractivity contribution is 0.0526. The number of esters is 1. The minimum Gasteiger partial charge on any atom is -0.462 e. The van der Waals surface area contributed by atoms with Gasteiger partial charge in [0.2, 0.25) is 0 Å². The molecule has 1 N–H and O–H groups in total. The van der Waals surface area contributed by atoms with Crippen molar-refractivity contribution < 1.29 is 9.53 Å². The number of nitrogens with one attached hydrogen (secondary N) is 1. The van der Waals surface area contributed by atoms with E-state index < -0.39 is 0 Å². The predicted molar refractivity (Wildman–Crippen MR) is 81.0 cm³/mol. The van der Waals surface area contributed by atoms with Crippen LogP contribution in [0, 0.1) is 0 Å². The summed E-state index contributed by atoms with van der Waals surface area (Å²) in [5.74, 6) is 1.01. The van der Waals surface area contributed by atoms with Gasteiger partial charge in [0.15, 0.2) is 0 Å². The number of rotatable bonds is 4. The highest BCUT2D eigenvalue weighted by Gasteiger charge is 2.21. The molecule has 1 aliphatic heterocycles. The van der Waals surface area contributed by atoms with Crippen LogP contribution in [0.3, 0.4) is 0 Å². The summed E-state index contributed by atoms with van der Waals surface area (Å²) < 4.78 is 4.97. The summed E-state index contributed by atoms with van der Waals surface area (Å²) in [6, 6.07) is 8.07. The third kappa shape index (κ3) is 3.90. The van der Waals surface area contributed by atoms with Crippen LogP contribution in [0.4, 0.5) is 5.69 Å². The van der Waals surface area contributed by atoms with Crippen molar-refractivity contribution >= 4 is 23.4 Å². The van der Waals surface area contributed by atoms with Crippen LogP contribution in [0.25, 0.3) is 0 Å². The van der Waals surface area contributed by atoms with Crippen LogP contribution in [0.5, 0.6) is 0 Å². The zero-order valence-corrected chi connectivity index (χ0v) is 12.3. The van der Waals surface area contributed by atoms with E-state index >= 15 is 0 Å². The molecule has 1 aromatic carbocycles. The number of anilines is 1. The molecule has 1 saturated heterocycles. The average Bonchev–Trinajstić information content (AvgIpc) is 2.42. The first-order chi connectivity index (χ1) is 9.20. The van der Waals surface area contributed by atoms with Gasteiger partial charge in [-0.25, -0.2) is 4.79 Å². The lowest BCUT2D eigenvalue weighted by Crippen LogP contribution is -2.32. The SMILES string of the molecule is CCOC(=O)c1ccc(NC2CCCSC2C)cc1. The molecule has 1 fully saturated rings. The fourth-order valence-electron chi connectivity index (χ4n) is 2.24. The van der Waals surface area contributed by atoms with Crippen LogP contribution in [0.1, 0.15) is 37.0 Å². The van der Waals surface area contributed by atoms with Gasteiger partial charge in [-0.2, -0.15) is 11.8 Å². The number of hydrogen-bond donors (Lipinski definition) is 1. The van der Waals surface area contributed by atoms with Crippen molar-refractivity contribution in [3.63, 3.8) is 0 Å². The van der Waals surface area contributed by atoms with Crippen molar-refractivity contribution in [3.8, 4) is 0 Å². The van der Waals surface area contributed by atoms with E-state index in [9.17, 15) is 4.79 Å². The number of thioether (sulfide) groups is 1. The fourth-order valence-corrected chi connectivity index (χ4v) is 3.39. The minimum atomic E-state index is -0.254. The van der Waals surface area contributed by atoms with Gasteiger partial charge in [-0.3, -0.25) is 0 Å². The van der Waals surface area contributed by atoms with Crippen molar-refractivity contribution in [2.24, 2.45) is 0 Å². The fraction of sp³-hybridized carbons (Fsp3) is 0.533. The lowest BCUT2D eigenvalue weighted by atomic mass is 10.1. The molecule has 19 heavy (non-hydrogen) atoms. The largest absolute Gasteiger partial charge is 0.462 e. The molecule has 104 valence electrons. The summed E-state index contributed by atoms with van der Waals surface area (Å²) in [5.41, 5.74) is 1.69. The summed E-state index contributed by atoms with van der Waals surface area (Å²) in [6.45, 7) is 4.50. The molecule has 2 atom stereocenters. The molecule has 3 nitrogen and oxygen atoms in total. The summed E-state index contributed by atoms with van der Waals surface area (Å²) in [6.07, 6.45) is 2.49. The number of carbonyl (C=O) groups excluding carboxylic acids is 1. The van der Waals surface area contributed by atoms with E-state index in [1.807, 2.05) is 43.0 Å². The van der Waals surface area contributed by atoms with Gasteiger partial charge in [0.05, 0.1) is 12.2 Å². The Morgan fingerprint density at radius 1 is 1.42 bits per heavy atom. The normalized spacial score (nSPS) is 22.8. The summed E-state index contributed by atoms with van der Waals surface area (Å²) >= 11 is 2.02. The molecule has 0 spiro atoms. The first kappa shape index (κ1) is 14.3. The van der Waals surface area contributed by atoms with Gasteiger partial charge < -0.3 is 10.1 Å². The van der Waals surface area contributed by atoms with Crippen molar-refractivity contribution in [1.29, 1.82) is 0 Å². The Labute approximate surface area is 119 Å². The van der Waals surface area contributed by atoms with Crippen LogP contribution in [-0.2, 0) is 4.74 Å². The van der Waals surface area contributed by atoms with Gasteiger partial charge in [-0.05, 0) is 49.8 Å². The van der Waals surface area contributed by atoms with E-state index in [0.29, 0.717) is 23.5 Å². The molecule has 1 aromatic rings. The van der Waals surface area contributed by atoms with Crippen LogP contribution >= 0.6 is 11.8 Å². The summed E-state index contributed by atoms with van der Waals surface area (Å²) in [4.78, 5) is 11.6. The Balaban J connectivity index is 1.96. The maximum Gasteiger partial charge on any atom is 0.338 e. The first-order valence-electron chi connectivity index (χ1n) is 6.86. The predicted octanol–water partition coefficient (Wildman–Crippen LogP) is 3.56. The summed E-state index contributed by atoms with van der Waals surface area (Å²) in [7, 11) is 0. The highest BCUT2D eigenvalue weighted by molar-refractivity contribution is 8.00. The highest BCUT2D eigenvalue weighted by Crippen LogP contribution is 2.27. The van der Waals surface area contributed by atoms with Crippen molar-refractivity contribution in [3.05, 3.63) is 29.8 Å². The number of hydrogen-bond acceptors (Lipinski definition) is 4. The second kappa shape index (κ2) is 6.85. The molecule has 0 aliphatic carbocycles. The Bertz CT molecular complexity index is 419. The van der Waals surface area contributed by atoms with Gasteiger partial charge in [0.1, 0.15) is 0 Å². The van der Waals surface area contributed by atoms with Crippen LogP contribution < -0.4 is 5.32 Å². The average molecular weight is 279 g/mol. The third-order valence-electron chi connectivity index (χ3n) is 3.35. The molecular weight excluding hydrogens is 258 g/mol. The molecule has 0 amide bonds. The van der Waals surface area contributed by atoms with E-state index in [1.54, 1.807) is 0 Å². The smallest absolute Gasteiger partial charge is 0.338 e. The molecule has 1 aliphatic rings.